The van der Waals surface area contributed by atoms with E-state index in [2.05, 4.69) is 41.2 Å². The van der Waals surface area contributed by atoms with Crippen LogP contribution in [-0.4, -0.2) is 43.2 Å². The van der Waals surface area contributed by atoms with Crippen molar-refractivity contribution in [2.75, 3.05) is 32.6 Å². The smallest absolute Gasteiger partial charge is 0.125 e. The highest BCUT2D eigenvalue weighted by atomic mass is 16.5. The van der Waals surface area contributed by atoms with Gasteiger partial charge in [-0.25, -0.2) is 4.98 Å². The molecule has 0 fully saturated rings. The molecule has 4 heteroatoms. The van der Waals surface area contributed by atoms with Crippen molar-refractivity contribution >= 4 is 5.82 Å². The van der Waals surface area contributed by atoms with Gasteiger partial charge >= 0.3 is 0 Å². The van der Waals surface area contributed by atoms with Crippen LogP contribution >= 0.6 is 0 Å². The third-order valence-corrected chi connectivity index (χ3v) is 2.78. The van der Waals surface area contributed by atoms with Gasteiger partial charge in [-0.2, -0.15) is 0 Å². The average molecular weight is 237 g/mol. The number of nitrogens with zero attached hydrogens (tertiary/aromatic N) is 2. The Hall–Kier alpha value is -1.13. The zero-order valence-corrected chi connectivity index (χ0v) is 11.2. The van der Waals surface area contributed by atoms with Crippen LogP contribution in [0.4, 0.5) is 5.82 Å². The maximum atomic E-state index is 5.14. The molecule has 0 aliphatic heterocycles. The van der Waals surface area contributed by atoms with Crippen LogP contribution in [0.1, 0.15) is 19.4 Å². The molecule has 17 heavy (non-hydrogen) atoms. The van der Waals surface area contributed by atoms with Gasteiger partial charge in [0.05, 0.1) is 6.61 Å². The molecule has 0 atom stereocenters. The van der Waals surface area contributed by atoms with Crippen LogP contribution in [0, 0.1) is 0 Å². The summed E-state index contributed by atoms with van der Waals surface area (Å²) in [5.74, 6) is 0.915. The summed E-state index contributed by atoms with van der Waals surface area (Å²) in [5.41, 5.74) is 1.27. The average Bonchev–Trinajstić information content (AvgIpc) is 2.34. The van der Waals surface area contributed by atoms with E-state index in [9.17, 15) is 0 Å². The van der Waals surface area contributed by atoms with Gasteiger partial charge in [0, 0.05) is 39.5 Å². The maximum absolute atomic E-state index is 5.14. The van der Waals surface area contributed by atoms with Crippen molar-refractivity contribution in [3.8, 4) is 0 Å². The summed E-state index contributed by atoms with van der Waals surface area (Å²) in [6, 6.07) is 4.65. The molecule has 96 valence electrons. The van der Waals surface area contributed by atoms with E-state index in [1.54, 1.807) is 7.11 Å². The number of anilines is 1. The lowest BCUT2D eigenvalue weighted by atomic mass is 10.2. The Morgan fingerprint density at radius 3 is 2.82 bits per heavy atom. The van der Waals surface area contributed by atoms with Crippen molar-refractivity contribution in [3.63, 3.8) is 0 Å². The van der Waals surface area contributed by atoms with Gasteiger partial charge in [-0.05, 0) is 31.5 Å². The third kappa shape index (κ3) is 4.71. The van der Waals surface area contributed by atoms with E-state index < -0.39 is 0 Å². The van der Waals surface area contributed by atoms with Crippen molar-refractivity contribution < 1.29 is 4.74 Å². The Labute approximate surface area is 104 Å². The number of hydrogen-bond donors (Lipinski definition) is 1. The van der Waals surface area contributed by atoms with Gasteiger partial charge in [0.2, 0.25) is 0 Å². The van der Waals surface area contributed by atoms with E-state index in [1.807, 2.05) is 13.2 Å². The summed E-state index contributed by atoms with van der Waals surface area (Å²) in [5, 5.41) is 3.06. The molecular formula is C13H23N3O. The normalized spacial score (nSPS) is 11.2. The second-order valence-corrected chi connectivity index (χ2v) is 4.36. The molecule has 1 N–H and O–H groups in total. The molecule has 0 aliphatic rings. The molecule has 4 nitrogen and oxygen atoms in total. The van der Waals surface area contributed by atoms with E-state index >= 15 is 0 Å². The molecule has 0 amide bonds. The molecule has 0 aliphatic carbocycles. The minimum atomic E-state index is 0.511. The third-order valence-electron chi connectivity index (χ3n) is 2.78. The monoisotopic (exact) mass is 237 g/mol. The predicted molar refractivity (Wildman–Crippen MR) is 71.2 cm³/mol. The van der Waals surface area contributed by atoms with Gasteiger partial charge in [-0.3, -0.25) is 4.90 Å². The van der Waals surface area contributed by atoms with Crippen LogP contribution in [0.5, 0.6) is 0 Å². The molecule has 1 heterocycles. The zero-order valence-electron chi connectivity index (χ0n) is 11.2. The summed E-state index contributed by atoms with van der Waals surface area (Å²) >= 11 is 0. The first-order chi connectivity index (χ1) is 8.17. The van der Waals surface area contributed by atoms with Crippen LogP contribution in [0.2, 0.25) is 0 Å². The predicted octanol–water partition coefficient (Wildman–Crippen LogP) is 1.98. The topological polar surface area (TPSA) is 37.4 Å². The quantitative estimate of drug-likeness (QED) is 0.787. The summed E-state index contributed by atoms with van der Waals surface area (Å²) < 4.78 is 5.14. The zero-order chi connectivity index (χ0) is 12.7. The fourth-order valence-corrected chi connectivity index (χ4v) is 1.67. The molecule has 0 bridgehead atoms. The largest absolute Gasteiger partial charge is 0.383 e. The number of nitrogens with one attached hydrogen (secondary N) is 1. The highest BCUT2D eigenvalue weighted by molar-refractivity contribution is 5.36. The number of methoxy groups -OCH3 is 1. The first-order valence-corrected chi connectivity index (χ1v) is 6.03. The van der Waals surface area contributed by atoms with Crippen LogP contribution in [-0.2, 0) is 11.3 Å². The Balaban J connectivity index is 2.64. The summed E-state index contributed by atoms with van der Waals surface area (Å²) in [6.07, 6.45) is 1.84. The van der Waals surface area contributed by atoms with E-state index in [0.29, 0.717) is 6.04 Å². The van der Waals surface area contributed by atoms with Gasteiger partial charge in [0.1, 0.15) is 5.82 Å². The Kier molecular flexibility index (Phi) is 5.94. The van der Waals surface area contributed by atoms with Gasteiger partial charge in [0.15, 0.2) is 0 Å². The lowest BCUT2D eigenvalue weighted by Crippen LogP contribution is -2.33. The molecule has 1 aromatic rings. The first kappa shape index (κ1) is 13.9. The molecule has 0 unspecified atom stereocenters. The van der Waals surface area contributed by atoms with Gasteiger partial charge in [-0.15, -0.1) is 0 Å². The Morgan fingerprint density at radius 2 is 2.24 bits per heavy atom. The van der Waals surface area contributed by atoms with Gasteiger partial charge in [0.25, 0.3) is 0 Å². The molecule has 1 aromatic heterocycles. The Morgan fingerprint density at radius 1 is 1.47 bits per heavy atom. The van der Waals surface area contributed by atoms with E-state index in [-0.39, 0.29) is 0 Å². The number of ether oxygens (including phenoxy) is 1. The van der Waals surface area contributed by atoms with E-state index in [4.69, 9.17) is 4.74 Å². The van der Waals surface area contributed by atoms with Crippen LogP contribution in [0.25, 0.3) is 0 Å². The molecular weight excluding hydrogens is 214 g/mol. The van der Waals surface area contributed by atoms with Crippen molar-refractivity contribution in [2.24, 2.45) is 0 Å². The number of pyridine rings is 1. The molecule has 0 aromatic carbocycles. The molecule has 0 saturated carbocycles. The standard InChI is InChI=1S/C13H23N3O/c1-11(2)16(7-8-17-4)10-12-5-6-15-13(9-12)14-3/h5-6,9,11H,7-8,10H2,1-4H3,(H,14,15). The van der Waals surface area contributed by atoms with Crippen LogP contribution < -0.4 is 5.32 Å². The van der Waals surface area contributed by atoms with Crippen molar-refractivity contribution in [1.29, 1.82) is 0 Å². The molecule has 0 saturated heterocycles. The van der Waals surface area contributed by atoms with Crippen LogP contribution in [0.15, 0.2) is 18.3 Å². The molecule has 0 spiro atoms. The Bertz CT molecular complexity index is 328. The van der Waals surface area contributed by atoms with E-state index in [1.165, 1.54) is 5.56 Å². The first-order valence-electron chi connectivity index (χ1n) is 6.03. The van der Waals surface area contributed by atoms with E-state index in [0.717, 1.165) is 25.5 Å². The maximum Gasteiger partial charge on any atom is 0.125 e. The lowest BCUT2D eigenvalue weighted by Gasteiger charge is -2.26. The minimum absolute atomic E-state index is 0.511. The molecule has 0 radical (unpaired) electrons. The highest BCUT2D eigenvalue weighted by Gasteiger charge is 2.10. The highest BCUT2D eigenvalue weighted by Crippen LogP contribution is 2.11. The van der Waals surface area contributed by atoms with Crippen LogP contribution in [0.3, 0.4) is 0 Å². The summed E-state index contributed by atoms with van der Waals surface area (Å²) in [7, 11) is 3.63. The van der Waals surface area contributed by atoms with Crippen molar-refractivity contribution in [2.45, 2.75) is 26.4 Å². The second kappa shape index (κ2) is 7.25. The van der Waals surface area contributed by atoms with Crippen molar-refractivity contribution in [1.82, 2.24) is 9.88 Å². The van der Waals surface area contributed by atoms with Gasteiger partial charge in [-0.1, -0.05) is 0 Å². The summed E-state index contributed by atoms with van der Waals surface area (Å²) in [6.45, 7) is 7.05. The number of rotatable bonds is 7. The SMILES string of the molecule is CNc1cc(CN(CCOC)C(C)C)ccn1. The molecule has 1 rings (SSSR count). The van der Waals surface area contributed by atoms with Gasteiger partial charge < -0.3 is 10.1 Å². The fraction of sp³-hybridized carbons (Fsp3) is 0.615. The van der Waals surface area contributed by atoms with Crippen molar-refractivity contribution in [3.05, 3.63) is 23.9 Å². The number of hydrogen-bond acceptors (Lipinski definition) is 4. The summed E-state index contributed by atoms with van der Waals surface area (Å²) in [4.78, 5) is 6.61. The minimum Gasteiger partial charge on any atom is -0.383 e. The second-order valence-electron chi connectivity index (χ2n) is 4.36. The fourth-order valence-electron chi connectivity index (χ4n) is 1.67. The lowest BCUT2D eigenvalue weighted by molar-refractivity contribution is 0.125. The number of aromatic nitrogens is 1.